The number of imidazole rings is 1. The highest BCUT2D eigenvalue weighted by Gasteiger charge is 2.22. The summed E-state index contributed by atoms with van der Waals surface area (Å²) < 4.78 is 0. The van der Waals surface area contributed by atoms with Gasteiger partial charge in [-0.2, -0.15) is 0 Å². The number of nitrogens with one attached hydrogen (secondary N) is 2. The lowest BCUT2D eigenvalue weighted by Crippen LogP contribution is -2.10. The maximum absolute atomic E-state index is 4.74. The molecule has 2 N–H and O–H groups in total. The molecule has 0 fully saturated rings. The van der Waals surface area contributed by atoms with Crippen LogP contribution in [0, 0.1) is 5.41 Å². The third-order valence-electron chi connectivity index (χ3n) is 3.02. The van der Waals surface area contributed by atoms with E-state index in [4.69, 9.17) is 4.98 Å². The summed E-state index contributed by atoms with van der Waals surface area (Å²) in [5, 5.41) is 3.31. The van der Waals surface area contributed by atoms with E-state index in [1.807, 2.05) is 6.07 Å². The van der Waals surface area contributed by atoms with Crippen LogP contribution in [0.5, 0.6) is 0 Å². The highest BCUT2D eigenvalue weighted by molar-refractivity contribution is 5.76. The van der Waals surface area contributed by atoms with Gasteiger partial charge >= 0.3 is 0 Å². The zero-order valence-corrected chi connectivity index (χ0v) is 11.0. The van der Waals surface area contributed by atoms with Crippen LogP contribution in [0.2, 0.25) is 0 Å². The SMILES string of the molecule is CC(C)(C)Cc1nc2c([nH]1)CNc1ncccc1-2. The molecular formula is C14H18N4. The molecule has 4 nitrogen and oxygen atoms in total. The Hall–Kier alpha value is -1.84. The average Bonchev–Trinajstić information content (AvgIpc) is 2.69. The number of nitrogens with zero attached hydrogens (tertiary/aromatic N) is 2. The van der Waals surface area contributed by atoms with Crippen molar-refractivity contribution in [2.45, 2.75) is 33.7 Å². The van der Waals surface area contributed by atoms with E-state index >= 15 is 0 Å². The molecule has 0 bridgehead atoms. The van der Waals surface area contributed by atoms with Gasteiger partial charge in [0.1, 0.15) is 11.6 Å². The van der Waals surface area contributed by atoms with Gasteiger partial charge in [-0.15, -0.1) is 0 Å². The smallest absolute Gasteiger partial charge is 0.135 e. The van der Waals surface area contributed by atoms with Crippen molar-refractivity contribution in [2.75, 3.05) is 5.32 Å². The molecule has 3 rings (SSSR count). The van der Waals surface area contributed by atoms with Crippen molar-refractivity contribution in [3.05, 3.63) is 29.8 Å². The van der Waals surface area contributed by atoms with E-state index in [0.717, 1.165) is 41.6 Å². The van der Waals surface area contributed by atoms with Gasteiger partial charge in [-0.05, 0) is 17.5 Å². The summed E-state index contributed by atoms with van der Waals surface area (Å²) in [7, 11) is 0. The maximum atomic E-state index is 4.74. The summed E-state index contributed by atoms with van der Waals surface area (Å²) in [5.41, 5.74) is 3.55. The average molecular weight is 242 g/mol. The number of H-pyrrole nitrogens is 1. The summed E-state index contributed by atoms with van der Waals surface area (Å²) in [6.07, 6.45) is 2.76. The second kappa shape index (κ2) is 3.83. The van der Waals surface area contributed by atoms with Crippen LogP contribution in [-0.4, -0.2) is 15.0 Å². The van der Waals surface area contributed by atoms with Gasteiger partial charge in [-0.25, -0.2) is 9.97 Å². The number of anilines is 1. The Morgan fingerprint density at radius 1 is 1.33 bits per heavy atom. The molecule has 0 aliphatic carbocycles. The molecule has 0 saturated heterocycles. The fourth-order valence-electron chi connectivity index (χ4n) is 2.31. The quantitative estimate of drug-likeness (QED) is 0.808. The zero-order valence-electron chi connectivity index (χ0n) is 11.0. The molecule has 0 spiro atoms. The molecule has 0 unspecified atom stereocenters. The molecule has 18 heavy (non-hydrogen) atoms. The topological polar surface area (TPSA) is 53.6 Å². The van der Waals surface area contributed by atoms with Crippen LogP contribution in [0.25, 0.3) is 11.3 Å². The van der Waals surface area contributed by atoms with E-state index in [-0.39, 0.29) is 5.41 Å². The summed E-state index contributed by atoms with van der Waals surface area (Å²) in [6, 6.07) is 4.02. The fraction of sp³-hybridized carbons (Fsp3) is 0.429. The van der Waals surface area contributed by atoms with Crippen molar-refractivity contribution in [1.29, 1.82) is 0 Å². The highest BCUT2D eigenvalue weighted by atomic mass is 15.1. The van der Waals surface area contributed by atoms with E-state index in [1.165, 1.54) is 0 Å². The normalized spacial score (nSPS) is 13.7. The van der Waals surface area contributed by atoms with Crippen molar-refractivity contribution >= 4 is 5.82 Å². The summed E-state index contributed by atoms with van der Waals surface area (Å²) in [4.78, 5) is 12.5. The Bertz CT molecular complexity index is 578. The number of aromatic nitrogens is 3. The van der Waals surface area contributed by atoms with Gasteiger partial charge in [0.05, 0.1) is 17.9 Å². The van der Waals surface area contributed by atoms with E-state index in [0.29, 0.717) is 0 Å². The predicted octanol–water partition coefficient (Wildman–Crippen LogP) is 2.99. The fourth-order valence-corrected chi connectivity index (χ4v) is 2.31. The van der Waals surface area contributed by atoms with Gasteiger partial charge in [0.25, 0.3) is 0 Å². The van der Waals surface area contributed by atoms with Gasteiger partial charge in [0, 0.05) is 18.2 Å². The third-order valence-corrected chi connectivity index (χ3v) is 3.02. The molecule has 1 aliphatic rings. The molecule has 2 aromatic rings. The van der Waals surface area contributed by atoms with Crippen LogP contribution in [0.15, 0.2) is 18.3 Å². The van der Waals surface area contributed by atoms with Crippen LogP contribution >= 0.6 is 0 Å². The van der Waals surface area contributed by atoms with Gasteiger partial charge < -0.3 is 10.3 Å². The molecule has 2 aromatic heterocycles. The van der Waals surface area contributed by atoms with E-state index in [1.54, 1.807) is 6.20 Å². The highest BCUT2D eigenvalue weighted by Crippen LogP contribution is 2.33. The van der Waals surface area contributed by atoms with E-state index < -0.39 is 0 Å². The minimum atomic E-state index is 0.242. The zero-order chi connectivity index (χ0) is 12.8. The van der Waals surface area contributed by atoms with Gasteiger partial charge in [-0.3, -0.25) is 0 Å². The monoisotopic (exact) mass is 242 g/mol. The molecule has 0 aromatic carbocycles. The first-order valence-electron chi connectivity index (χ1n) is 6.30. The second-order valence-electron chi connectivity index (χ2n) is 6.00. The molecule has 0 radical (unpaired) electrons. The molecule has 1 aliphatic heterocycles. The number of hydrogen-bond donors (Lipinski definition) is 2. The van der Waals surface area contributed by atoms with Crippen molar-refractivity contribution in [1.82, 2.24) is 15.0 Å². The first-order valence-corrected chi connectivity index (χ1v) is 6.30. The van der Waals surface area contributed by atoms with Crippen molar-refractivity contribution in [3.8, 4) is 11.3 Å². The number of hydrogen-bond acceptors (Lipinski definition) is 3. The van der Waals surface area contributed by atoms with Crippen molar-refractivity contribution < 1.29 is 0 Å². The van der Waals surface area contributed by atoms with Crippen LogP contribution in [0.3, 0.4) is 0 Å². The molecule has 0 amide bonds. The minimum absolute atomic E-state index is 0.242. The summed E-state index contributed by atoms with van der Waals surface area (Å²) in [6.45, 7) is 7.45. The summed E-state index contributed by atoms with van der Waals surface area (Å²) in [5.74, 6) is 1.99. The Morgan fingerprint density at radius 2 is 2.17 bits per heavy atom. The van der Waals surface area contributed by atoms with Crippen LogP contribution in [-0.2, 0) is 13.0 Å². The molecule has 94 valence electrons. The Morgan fingerprint density at radius 3 is 2.94 bits per heavy atom. The van der Waals surface area contributed by atoms with Gasteiger partial charge in [0.2, 0.25) is 0 Å². The largest absolute Gasteiger partial charge is 0.364 e. The van der Waals surface area contributed by atoms with Crippen LogP contribution in [0.1, 0.15) is 32.3 Å². The van der Waals surface area contributed by atoms with Crippen molar-refractivity contribution in [3.63, 3.8) is 0 Å². The summed E-state index contributed by atoms with van der Waals surface area (Å²) >= 11 is 0. The number of rotatable bonds is 1. The second-order valence-corrected chi connectivity index (χ2v) is 6.00. The lowest BCUT2D eigenvalue weighted by atomic mass is 9.92. The first-order chi connectivity index (χ1) is 8.53. The van der Waals surface area contributed by atoms with E-state index in [2.05, 4.69) is 42.1 Å². The molecule has 0 saturated carbocycles. The van der Waals surface area contributed by atoms with Crippen LogP contribution < -0.4 is 5.32 Å². The Balaban J connectivity index is 2.02. The van der Waals surface area contributed by atoms with Gasteiger partial charge in [0.15, 0.2) is 0 Å². The third kappa shape index (κ3) is 1.98. The maximum Gasteiger partial charge on any atom is 0.135 e. The Labute approximate surface area is 107 Å². The Kier molecular flexibility index (Phi) is 2.40. The first kappa shape index (κ1) is 11.3. The van der Waals surface area contributed by atoms with Crippen LogP contribution in [0.4, 0.5) is 5.82 Å². The number of aromatic amines is 1. The van der Waals surface area contributed by atoms with Crippen molar-refractivity contribution in [2.24, 2.45) is 5.41 Å². The minimum Gasteiger partial charge on any atom is -0.364 e. The lowest BCUT2D eigenvalue weighted by molar-refractivity contribution is 0.402. The molecule has 3 heterocycles. The van der Waals surface area contributed by atoms with Gasteiger partial charge in [-0.1, -0.05) is 20.8 Å². The molecule has 4 heteroatoms. The van der Waals surface area contributed by atoms with E-state index in [9.17, 15) is 0 Å². The molecule has 0 atom stereocenters. The standard InChI is InChI=1S/C14H18N4/c1-14(2,3)7-11-17-10-8-16-13-9(12(10)18-11)5-4-6-15-13/h4-6H,7-8H2,1-3H3,(H,15,16)(H,17,18). The number of pyridine rings is 1. The predicted molar refractivity (Wildman–Crippen MR) is 72.3 cm³/mol. The lowest BCUT2D eigenvalue weighted by Gasteiger charge is -2.15. The number of fused-ring (bicyclic) bond motifs is 3. The molecular weight excluding hydrogens is 224 g/mol.